The van der Waals surface area contributed by atoms with Crippen LogP contribution in [0.1, 0.15) is 36.4 Å². The summed E-state index contributed by atoms with van der Waals surface area (Å²) in [5.41, 5.74) is 5.81. The van der Waals surface area contributed by atoms with E-state index in [1.54, 1.807) is 11.3 Å². The first kappa shape index (κ1) is 13.2. The molecule has 0 saturated carbocycles. The predicted molar refractivity (Wildman–Crippen MR) is 72.7 cm³/mol. The lowest BCUT2D eigenvalue weighted by Gasteiger charge is -2.08. The number of thiophene rings is 1. The molecule has 0 radical (unpaired) electrons. The topological polar surface area (TPSA) is 64.9 Å². The van der Waals surface area contributed by atoms with Gasteiger partial charge in [-0.1, -0.05) is 19.9 Å². The summed E-state index contributed by atoms with van der Waals surface area (Å²) in [4.78, 5) is 1.30. The molecule has 98 valence electrons. The molecule has 5 heteroatoms. The van der Waals surface area contributed by atoms with Crippen molar-refractivity contribution < 1.29 is 4.42 Å². The fourth-order valence-corrected chi connectivity index (χ4v) is 2.59. The Morgan fingerprint density at radius 2 is 2.17 bits per heavy atom. The van der Waals surface area contributed by atoms with Crippen molar-refractivity contribution in [1.29, 1.82) is 0 Å². The van der Waals surface area contributed by atoms with Gasteiger partial charge in [-0.2, -0.15) is 0 Å². The summed E-state index contributed by atoms with van der Waals surface area (Å²) in [6.45, 7) is 4.80. The minimum Gasteiger partial charge on any atom is -0.425 e. The lowest BCUT2D eigenvalue weighted by Crippen LogP contribution is -2.15. The number of nitrogens with zero attached hydrogens (tertiary/aromatic N) is 2. The van der Waals surface area contributed by atoms with Gasteiger partial charge < -0.3 is 10.2 Å². The van der Waals surface area contributed by atoms with E-state index in [1.807, 2.05) is 6.07 Å². The van der Waals surface area contributed by atoms with Crippen LogP contribution < -0.4 is 5.73 Å². The maximum atomic E-state index is 5.81. The summed E-state index contributed by atoms with van der Waals surface area (Å²) in [6.07, 6.45) is 1.70. The van der Waals surface area contributed by atoms with Crippen LogP contribution in [-0.4, -0.2) is 16.7 Å². The van der Waals surface area contributed by atoms with Crippen LogP contribution >= 0.6 is 11.3 Å². The Balaban J connectivity index is 2.05. The molecule has 4 nitrogen and oxygen atoms in total. The fourth-order valence-electron chi connectivity index (χ4n) is 1.81. The summed E-state index contributed by atoms with van der Waals surface area (Å²) in [6, 6.07) is 4.16. The molecule has 0 saturated heterocycles. The second-order valence-corrected chi connectivity index (χ2v) is 5.88. The minimum absolute atomic E-state index is 0.122. The fraction of sp³-hybridized carbons (Fsp3) is 0.538. The van der Waals surface area contributed by atoms with Crippen molar-refractivity contribution in [3.8, 4) is 0 Å². The second-order valence-electron chi connectivity index (χ2n) is 4.85. The molecule has 2 aromatic rings. The van der Waals surface area contributed by atoms with E-state index in [9.17, 15) is 0 Å². The molecule has 2 N–H and O–H groups in total. The van der Waals surface area contributed by atoms with Crippen LogP contribution in [0.3, 0.4) is 0 Å². The van der Waals surface area contributed by atoms with Crippen molar-refractivity contribution in [2.45, 2.75) is 32.6 Å². The van der Waals surface area contributed by atoms with Crippen LogP contribution in [0.5, 0.6) is 0 Å². The molecule has 0 spiro atoms. The Bertz CT molecular complexity index is 464. The van der Waals surface area contributed by atoms with Gasteiger partial charge in [-0.25, -0.2) is 0 Å². The van der Waals surface area contributed by atoms with Crippen LogP contribution in [0.2, 0.25) is 0 Å². The standard InChI is InChI=1S/C13H19N3OS/c1-9(2)6-12-15-16-13(17-12)10(8-14)7-11-4-3-5-18-11/h3-5,9-10H,6-8,14H2,1-2H3. The van der Waals surface area contributed by atoms with Gasteiger partial charge in [0, 0.05) is 17.8 Å². The van der Waals surface area contributed by atoms with Gasteiger partial charge in [0.15, 0.2) is 0 Å². The van der Waals surface area contributed by atoms with Crippen LogP contribution in [-0.2, 0) is 12.8 Å². The zero-order valence-corrected chi connectivity index (χ0v) is 11.6. The quantitative estimate of drug-likeness (QED) is 0.872. The van der Waals surface area contributed by atoms with Crippen molar-refractivity contribution >= 4 is 11.3 Å². The number of hydrogen-bond acceptors (Lipinski definition) is 5. The lowest BCUT2D eigenvalue weighted by atomic mass is 10.1. The highest BCUT2D eigenvalue weighted by Crippen LogP contribution is 2.22. The minimum atomic E-state index is 0.122. The van der Waals surface area contributed by atoms with E-state index >= 15 is 0 Å². The second kappa shape index (κ2) is 6.11. The van der Waals surface area contributed by atoms with Gasteiger partial charge in [0.25, 0.3) is 0 Å². The number of rotatable bonds is 6. The van der Waals surface area contributed by atoms with Gasteiger partial charge in [-0.15, -0.1) is 21.5 Å². The molecule has 0 fully saturated rings. The Labute approximate surface area is 111 Å². The molecule has 18 heavy (non-hydrogen) atoms. The summed E-state index contributed by atoms with van der Waals surface area (Å²) in [5.74, 6) is 2.02. The largest absolute Gasteiger partial charge is 0.425 e. The highest BCUT2D eigenvalue weighted by Gasteiger charge is 2.18. The van der Waals surface area contributed by atoms with Gasteiger partial charge in [-0.3, -0.25) is 0 Å². The van der Waals surface area contributed by atoms with E-state index in [0.717, 1.165) is 12.8 Å². The molecule has 0 amide bonds. The van der Waals surface area contributed by atoms with E-state index in [2.05, 4.69) is 35.5 Å². The Morgan fingerprint density at radius 3 is 2.78 bits per heavy atom. The van der Waals surface area contributed by atoms with E-state index in [1.165, 1.54) is 4.88 Å². The van der Waals surface area contributed by atoms with Crippen LogP contribution in [0, 0.1) is 5.92 Å². The van der Waals surface area contributed by atoms with Gasteiger partial charge in [-0.05, 0) is 23.8 Å². The highest BCUT2D eigenvalue weighted by molar-refractivity contribution is 7.09. The number of aromatic nitrogens is 2. The first-order chi connectivity index (χ1) is 8.69. The number of hydrogen-bond donors (Lipinski definition) is 1. The summed E-state index contributed by atoms with van der Waals surface area (Å²) in [7, 11) is 0. The average molecular weight is 265 g/mol. The van der Waals surface area contributed by atoms with Crippen LogP contribution in [0.15, 0.2) is 21.9 Å². The first-order valence-electron chi connectivity index (χ1n) is 6.23. The molecular weight excluding hydrogens is 246 g/mol. The van der Waals surface area contributed by atoms with E-state index in [-0.39, 0.29) is 5.92 Å². The molecular formula is C13H19N3OS. The SMILES string of the molecule is CC(C)Cc1nnc(C(CN)Cc2cccs2)o1. The number of nitrogens with two attached hydrogens (primary N) is 1. The van der Waals surface area contributed by atoms with Crippen molar-refractivity contribution in [1.82, 2.24) is 10.2 Å². The Morgan fingerprint density at radius 1 is 1.33 bits per heavy atom. The molecule has 0 aliphatic carbocycles. The lowest BCUT2D eigenvalue weighted by molar-refractivity contribution is 0.399. The first-order valence-corrected chi connectivity index (χ1v) is 7.11. The molecule has 1 unspecified atom stereocenters. The molecule has 0 aromatic carbocycles. The molecule has 0 aliphatic heterocycles. The molecule has 0 aliphatic rings. The third-order valence-electron chi connectivity index (χ3n) is 2.73. The Hall–Kier alpha value is -1.20. The molecule has 0 bridgehead atoms. The van der Waals surface area contributed by atoms with Crippen molar-refractivity contribution in [3.05, 3.63) is 34.2 Å². The highest BCUT2D eigenvalue weighted by atomic mass is 32.1. The third kappa shape index (κ3) is 3.40. The summed E-state index contributed by atoms with van der Waals surface area (Å²) < 4.78 is 5.70. The molecule has 2 aromatic heterocycles. The maximum absolute atomic E-state index is 5.81. The van der Waals surface area contributed by atoms with Gasteiger partial charge >= 0.3 is 0 Å². The monoisotopic (exact) mass is 265 g/mol. The van der Waals surface area contributed by atoms with Crippen molar-refractivity contribution in [2.24, 2.45) is 11.7 Å². The Kier molecular flexibility index (Phi) is 4.49. The van der Waals surface area contributed by atoms with E-state index in [4.69, 9.17) is 10.2 Å². The van der Waals surface area contributed by atoms with Crippen LogP contribution in [0.4, 0.5) is 0 Å². The zero-order chi connectivity index (χ0) is 13.0. The van der Waals surface area contributed by atoms with Crippen molar-refractivity contribution in [2.75, 3.05) is 6.54 Å². The van der Waals surface area contributed by atoms with Gasteiger partial charge in [0.2, 0.25) is 11.8 Å². The van der Waals surface area contributed by atoms with Gasteiger partial charge in [0.1, 0.15) is 0 Å². The average Bonchev–Trinajstić information content (AvgIpc) is 2.96. The predicted octanol–water partition coefficient (Wildman–Crippen LogP) is 2.61. The molecule has 2 heterocycles. The normalized spacial score (nSPS) is 13.1. The van der Waals surface area contributed by atoms with Crippen molar-refractivity contribution in [3.63, 3.8) is 0 Å². The van der Waals surface area contributed by atoms with Crippen LogP contribution in [0.25, 0.3) is 0 Å². The van der Waals surface area contributed by atoms with E-state index in [0.29, 0.717) is 24.2 Å². The molecule has 2 rings (SSSR count). The third-order valence-corrected chi connectivity index (χ3v) is 3.63. The summed E-state index contributed by atoms with van der Waals surface area (Å²) >= 11 is 1.73. The van der Waals surface area contributed by atoms with Gasteiger partial charge in [0.05, 0.1) is 5.92 Å². The maximum Gasteiger partial charge on any atom is 0.221 e. The zero-order valence-electron chi connectivity index (χ0n) is 10.8. The summed E-state index contributed by atoms with van der Waals surface area (Å²) in [5, 5.41) is 10.3. The van der Waals surface area contributed by atoms with E-state index < -0.39 is 0 Å². The smallest absolute Gasteiger partial charge is 0.221 e. The molecule has 1 atom stereocenters.